The van der Waals surface area contributed by atoms with Crippen molar-refractivity contribution in [3.8, 4) is 28.6 Å². The lowest BCUT2D eigenvalue weighted by Gasteiger charge is -2.31. The number of nitrogens with zero attached hydrogens (tertiary/aromatic N) is 10. The van der Waals surface area contributed by atoms with Gasteiger partial charge in [-0.15, -0.1) is 0 Å². The van der Waals surface area contributed by atoms with Gasteiger partial charge in [0.25, 0.3) is 0 Å². The highest BCUT2D eigenvalue weighted by Gasteiger charge is 2.42. The number of hydrogen-bond donors (Lipinski definition) is 0. The summed E-state index contributed by atoms with van der Waals surface area (Å²) in [5.41, 5.74) is 3.03. The largest absolute Gasteiger partial charge is 0.494 e. The van der Waals surface area contributed by atoms with Crippen molar-refractivity contribution in [3.05, 3.63) is 72.7 Å². The molecule has 0 unspecified atom stereocenters. The van der Waals surface area contributed by atoms with Crippen LogP contribution >= 0.6 is 0 Å². The quantitative estimate of drug-likeness (QED) is 0.257. The lowest BCUT2D eigenvalue weighted by Crippen LogP contribution is -2.47. The number of methoxy groups -OCH3 is 1. The highest BCUT2D eigenvalue weighted by Crippen LogP contribution is 2.35. The molecule has 1 saturated heterocycles. The van der Waals surface area contributed by atoms with E-state index in [4.69, 9.17) is 19.2 Å². The van der Waals surface area contributed by atoms with E-state index in [9.17, 15) is 13.6 Å². The third kappa shape index (κ3) is 5.74. The van der Waals surface area contributed by atoms with Crippen LogP contribution < -0.4 is 14.4 Å². The van der Waals surface area contributed by atoms with Crippen molar-refractivity contribution in [2.75, 3.05) is 38.8 Å². The topological polar surface area (TPSA) is 138 Å². The van der Waals surface area contributed by atoms with Crippen LogP contribution in [-0.4, -0.2) is 102 Å². The molecule has 0 saturated carbocycles. The zero-order valence-corrected chi connectivity index (χ0v) is 28.3. The van der Waals surface area contributed by atoms with E-state index in [-0.39, 0.29) is 30.6 Å². The number of carbonyl (C=O) groups is 1. The molecule has 3 atom stereocenters. The molecule has 2 aliphatic heterocycles. The Bertz CT molecular complexity index is 2290. The number of fused-ring (bicyclic) bond motifs is 6. The number of imidazole rings is 1. The Kier molecular flexibility index (Phi) is 8.17. The first-order valence-electron chi connectivity index (χ1n) is 16.5. The van der Waals surface area contributed by atoms with Gasteiger partial charge in [0.1, 0.15) is 53.2 Å². The molecule has 6 aromatic rings. The Morgan fingerprint density at radius 3 is 2.71 bits per heavy atom. The summed E-state index contributed by atoms with van der Waals surface area (Å²) in [7, 11) is 3.20. The Morgan fingerprint density at radius 1 is 1.02 bits per heavy atom. The molecule has 4 aromatic heterocycles. The number of benzene rings is 2. The molecule has 0 radical (unpaired) electrons. The van der Waals surface area contributed by atoms with E-state index in [0.29, 0.717) is 70.2 Å². The van der Waals surface area contributed by atoms with E-state index in [1.165, 1.54) is 43.9 Å². The molecule has 0 aliphatic carbocycles. The van der Waals surface area contributed by atoms with Crippen molar-refractivity contribution in [1.29, 1.82) is 0 Å². The van der Waals surface area contributed by atoms with Gasteiger partial charge in [0.15, 0.2) is 5.65 Å². The number of carbonyl (C=O) groups excluding carboxylic acids is 1. The van der Waals surface area contributed by atoms with E-state index in [0.717, 1.165) is 0 Å². The number of amides is 1. The summed E-state index contributed by atoms with van der Waals surface area (Å²) in [6.45, 7) is 5.07. The third-order valence-corrected chi connectivity index (χ3v) is 9.35. The van der Waals surface area contributed by atoms with Crippen molar-refractivity contribution in [2.45, 2.75) is 45.1 Å². The number of ether oxygens (including phenoxy) is 3. The maximum absolute atomic E-state index is 15.0. The first-order valence-corrected chi connectivity index (χ1v) is 16.5. The molecule has 262 valence electrons. The zero-order chi connectivity index (χ0) is 35.4. The van der Waals surface area contributed by atoms with Crippen molar-refractivity contribution >= 4 is 33.8 Å². The number of hydrogen-bond acceptors (Lipinski definition) is 11. The monoisotopic (exact) mass is 696 g/mol. The van der Waals surface area contributed by atoms with Crippen LogP contribution in [0.3, 0.4) is 0 Å². The second kappa shape index (κ2) is 12.8. The number of aryl methyl sites for hydroxylation is 1. The summed E-state index contributed by atoms with van der Waals surface area (Å²) in [5, 5.41) is 5.13. The van der Waals surface area contributed by atoms with Crippen LogP contribution in [0, 0.1) is 18.6 Å². The van der Waals surface area contributed by atoms with Gasteiger partial charge in [0.05, 0.1) is 67.0 Å². The molecule has 1 fully saturated rings. The zero-order valence-electron chi connectivity index (χ0n) is 28.3. The summed E-state index contributed by atoms with van der Waals surface area (Å²) in [5.74, 6) is 0.590. The van der Waals surface area contributed by atoms with Crippen LogP contribution in [0.15, 0.2) is 55.2 Å². The van der Waals surface area contributed by atoms with E-state index in [1.807, 2.05) is 23.3 Å². The van der Waals surface area contributed by atoms with E-state index in [2.05, 4.69) is 25.0 Å². The maximum Gasteiger partial charge on any atom is 0.245 e. The van der Waals surface area contributed by atoms with Gasteiger partial charge in [-0.1, -0.05) is 0 Å². The van der Waals surface area contributed by atoms with Gasteiger partial charge in [-0.3, -0.25) is 9.78 Å². The SMILES string of the molecule is CCO[C@H]1CN(C)C(=O)[C@@H]2C[C@@H](CN2c2ncnc3c2cnn3-c2ccc(F)cc2OC)Oc2cncc(n2)-c2cc(F)cc3nc(C)n(c23)C1. The van der Waals surface area contributed by atoms with Crippen LogP contribution in [0.25, 0.3) is 39.0 Å². The lowest BCUT2D eigenvalue weighted by atomic mass is 10.1. The number of aromatic nitrogens is 8. The van der Waals surface area contributed by atoms with Gasteiger partial charge in [-0.2, -0.15) is 5.10 Å². The molecule has 0 N–H and O–H groups in total. The average molecular weight is 697 g/mol. The second-order valence-corrected chi connectivity index (χ2v) is 12.6. The standard InChI is InChI=1S/C35H34F2N10O4/c1-5-50-23-15-44(3)35(48)29-11-22(51-31-14-38-13-27(43-31)24-8-21(37)9-26-32(24)45(17-23)19(2)42-26)16-46(29)33-25-12-41-47(34(25)40-18-39-33)28-7-6-20(36)10-30(28)49-4/h6-10,12-14,18,22-23,29H,5,11,15-17H2,1-4H3/t22-,23-,29-/m0/s1. The minimum Gasteiger partial charge on any atom is -0.494 e. The third-order valence-electron chi connectivity index (χ3n) is 9.35. The minimum atomic E-state index is -0.682. The summed E-state index contributed by atoms with van der Waals surface area (Å²) in [4.78, 5) is 40.9. The summed E-state index contributed by atoms with van der Waals surface area (Å²) in [6, 6.07) is 6.29. The van der Waals surface area contributed by atoms with E-state index in [1.54, 1.807) is 35.1 Å². The molecule has 8 rings (SSSR count). The molecule has 16 heteroatoms. The van der Waals surface area contributed by atoms with Gasteiger partial charge in [0.2, 0.25) is 11.8 Å². The average Bonchev–Trinajstić information content (AvgIpc) is 3.82. The predicted molar refractivity (Wildman–Crippen MR) is 182 cm³/mol. The van der Waals surface area contributed by atoms with Crippen LogP contribution in [0.1, 0.15) is 19.2 Å². The van der Waals surface area contributed by atoms with Crippen molar-refractivity contribution in [2.24, 2.45) is 0 Å². The molecule has 1 amide bonds. The Balaban J connectivity index is 1.23. The molecule has 6 heterocycles. The molecule has 51 heavy (non-hydrogen) atoms. The van der Waals surface area contributed by atoms with E-state index < -0.39 is 29.9 Å². The molecule has 4 bridgehead atoms. The maximum atomic E-state index is 15.0. The normalized spacial score (nSPS) is 19.3. The second-order valence-electron chi connectivity index (χ2n) is 12.6. The van der Waals surface area contributed by atoms with Crippen LogP contribution in [0.5, 0.6) is 11.6 Å². The van der Waals surface area contributed by atoms with Crippen molar-refractivity contribution in [3.63, 3.8) is 0 Å². The molecular formula is C35H34F2N10O4. The molecule has 14 nitrogen and oxygen atoms in total. The van der Waals surface area contributed by atoms with E-state index >= 15 is 0 Å². The van der Waals surface area contributed by atoms with Crippen molar-refractivity contribution < 1.29 is 27.8 Å². The van der Waals surface area contributed by atoms with Gasteiger partial charge in [-0.25, -0.2) is 33.4 Å². The van der Waals surface area contributed by atoms with Gasteiger partial charge in [0, 0.05) is 44.3 Å². The molecular weight excluding hydrogens is 662 g/mol. The van der Waals surface area contributed by atoms with Crippen LogP contribution in [0.4, 0.5) is 14.6 Å². The van der Waals surface area contributed by atoms with Crippen molar-refractivity contribution in [1.82, 2.24) is 44.2 Å². The molecule has 2 aliphatic rings. The lowest BCUT2D eigenvalue weighted by molar-refractivity contribution is -0.133. The van der Waals surface area contributed by atoms with Gasteiger partial charge in [-0.05, 0) is 32.0 Å². The minimum absolute atomic E-state index is 0.158. The fourth-order valence-electron chi connectivity index (χ4n) is 7.14. The fourth-order valence-corrected chi connectivity index (χ4v) is 7.14. The van der Waals surface area contributed by atoms with Crippen LogP contribution in [-0.2, 0) is 16.1 Å². The summed E-state index contributed by atoms with van der Waals surface area (Å²) >= 11 is 0. The summed E-state index contributed by atoms with van der Waals surface area (Å²) < 4.78 is 50.6. The van der Waals surface area contributed by atoms with Gasteiger partial charge >= 0.3 is 0 Å². The fraction of sp³-hybridized carbons (Fsp3) is 0.343. The summed E-state index contributed by atoms with van der Waals surface area (Å²) in [6.07, 6.45) is 5.48. The Labute approximate surface area is 290 Å². The first-order chi connectivity index (χ1) is 24.7. The highest BCUT2D eigenvalue weighted by atomic mass is 19.1. The number of rotatable bonds is 5. The number of likely N-dealkylation sites (N-methyl/N-ethyl adjacent to an activating group) is 1. The first kappa shape index (κ1) is 32.4. The Morgan fingerprint density at radius 2 is 1.88 bits per heavy atom. The smallest absolute Gasteiger partial charge is 0.245 e. The molecule has 0 spiro atoms. The molecule has 2 aromatic carbocycles. The number of halogens is 2. The predicted octanol–water partition coefficient (Wildman–Crippen LogP) is 4.12. The van der Waals surface area contributed by atoms with Gasteiger partial charge < -0.3 is 28.6 Å². The Hall–Kier alpha value is -5.77. The highest BCUT2D eigenvalue weighted by molar-refractivity contribution is 5.93. The van der Waals surface area contributed by atoms with Crippen LogP contribution in [0.2, 0.25) is 0 Å². The number of anilines is 1.